The van der Waals surface area contributed by atoms with Crippen LogP contribution in [0.1, 0.15) is 16.5 Å². The molecule has 0 atom stereocenters. The molecule has 0 bridgehead atoms. The molecule has 1 aromatic rings. The zero-order valence-electron chi connectivity index (χ0n) is 5.40. The largest absolute Gasteiger partial charge is 0.375 e. The first-order valence-electron chi connectivity index (χ1n) is 2.63. The van der Waals surface area contributed by atoms with Crippen LogP contribution in [0.4, 0.5) is 0 Å². The third kappa shape index (κ3) is 1.38. The van der Waals surface area contributed by atoms with Gasteiger partial charge in [-0.15, -0.1) is 0 Å². The van der Waals surface area contributed by atoms with Crippen LogP contribution in [-0.2, 0) is 11.3 Å². The quantitative estimate of drug-likeness (QED) is 0.557. The van der Waals surface area contributed by atoms with Crippen LogP contribution in [0.5, 0.6) is 0 Å². The first-order valence-corrected chi connectivity index (χ1v) is 2.63. The summed E-state index contributed by atoms with van der Waals surface area (Å²) in [5.74, 6) is 0.358. The lowest BCUT2D eigenvalue weighted by molar-refractivity contribution is 0.111. The molecular weight excluding hydrogens is 136 g/mol. The van der Waals surface area contributed by atoms with Gasteiger partial charge in [0.25, 0.3) is 5.89 Å². The Morgan fingerprint density at radius 2 is 2.60 bits per heavy atom. The van der Waals surface area contributed by atoms with Gasteiger partial charge in [0, 0.05) is 7.11 Å². The lowest BCUT2D eigenvalue weighted by Crippen LogP contribution is -1.87. The number of ether oxygens (including phenoxy) is 1. The molecule has 0 aliphatic carbocycles. The van der Waals surface area contributed by atoms with Crippen molar-refractivity contribution in [2.75, 3.05) is 7.11 Å². The molecule has 1 heterocycles. The Bertz CT molecular complexity index is 220. The van der Waals surface area contributed by atoms with E-state index in [1.165, 1.54) is 7.11 Å². The minimum absolute atomic E-state index is 0.0482. The number of nitrogens with zero attached hydrogens (tertiary/aromatic N) is 2. The molecule has 0 saturated carbocycles. The molecule has 0 radical (unpaired) electrons. The van der Waals surface area contributed by atoms with Crippen LogP contribution in [0.15, 0.2) is 4.52 Å². The summed E-state index contributed by atoms with van der Waals surface area (Å²) in [6, 6.07) is 0. The van der Waals surface area contributed by atoms with Crippen molar-refractivity contribution in [1.29, 1.82) is 0 Å². The number of carbonyl (C=O) groups excluding carboxylic acids is 1. The zero-order chi connectivity index (χ0) is 7.40. The highest BCUT2D eigenvalue weighted by molar-refractivity contribution is 5.68. The maximum absolute atomic E-state index is 10.00. The Balaban J connectivity index is 2.68. The maximum atomic E-state index is 10.00. The zero-order valence-corrected chi connectivity index (χ0v) is 5.40. The van der Waals surface area contributed by atoms with Gasteiger partial charge in [0.15, 0.2) is 6.29 Å². The third-order valence-electron chi connectivity index (χ3n) is 0.857. The molecule has 0 aliphatic rings. The first-order chi connectivity index (χ1) is 4.86. The van der Waals surface area contributed by atoms with Gasteiger partial charge in [0.1, 0.15) is 6.61 Å². The number of methoxy groups -OCH3 is 1. The molecule has 1 aromatic heterocycles. The summed E-state index contributed by atoms with van der Waals surface area (Å²) in [5, 5.41) is 3.32. The van der Waals surface area contributed by atoms with Crippen molar-refractivity contribution >= 4 is 6.29 Å². The summed E-state index contributed by atoms with van der Waals surface area (Å²) in [6.07, 6.45) is 0.517. The molecule has 54 valence electrons. The molecule has 0 spiro atoms. The second kappa shape index (κ2) is 3.07. The molecule has 0 aliphatic heterocycles. The fourth-order valence-corrected chi connectivity index (χ4v) is 0.498. The van der Waals surface area contributed by atoms with Crippen molar-refractivity contribution in [3.8, 4) is 0 Å². The lowest BCUT2D eigenvalue weighted by atomic mass is 10.6. The number of aromatic nitrogens is 2. The van der Waals surface area contributed by atoms with Crippen LogP contribution < -0.4 is 0 Å². The van der Waals surface area contributed by atoms with Gasteiger partial charge in [-0.3, -0.25) is 4.79 Å². The molecule has 5 nitrogen and oxygen atoms in total. The van der Waals surface area contributed by atoms with E-state index < -0.39 is 0 Å². The highest BCUT2D eigenvalue weighted by Crippen LogP contribution is 1.95. The van der Waals surface area contributed by atoms with Gasteiger partial charge in [0.05, 0.1) is 0 Å². The minimum Gasteiger partial charge on any atom is -0.375 e. The predicted molar refractivity (Wildman–Crippen MR) is 30.4 cm³/mol. The molecule has 0 amide bonds. The highest BCUT2D eigenvalue weighted by atomic mass is 16.5. The van der Waals surface area contributed by atoms with E-state index in [1.807, 2.05) is 0 Å². The van der Waals surface area contributed by atoms with Gasteiger partial charge in [-0.25, -0.2) is 0 Å². The summed E-state index contributed by atoms with van der Waals surface area (Å²) in [5.41, 5.74) is 0. The van der Waals surface area contributed by atoms with Crippen LogP contribution in [0, 0.1) is 0 Å². The molecular formula is C5H6N2O3. The van der Waals surface area contributed by atoms with Crippen LogP contribution in [0.3, 0.4) is 0 Å². The van der Waals surface area contributed by atoms with Crippen LogP contribution >= 0.6 is 0 Å². The Labute approximate surface area is 57.0 Å². The molecule has 0 unspecified atom stereocenters. The second-order valence-corrected chi connectivity index (χ2v) is 1.60. The monoisotopic (exact) mass is 142 g/mol. The lowest BCUT2D eigenvalue weighted by Gasteiger charge is -1.85. The molecule has 0 saturated heterocycles. The number of carbonyl (C=O) groups is 1. The average Bonchev–Trinajstić information content (AvgIpc) is 2.37. The van der Waals surface area contributed by atoms with E-state index in [0.717, 1.165) is 0 Å². The van der Waals surface area contributed by atoms with Crippen molar-refractivity contribution in [1.82, 2.24) is 10.1 Å². The standard InChI is InChI=1S/C5H6N2O3/c1-9-3-5-6-4(2-8)7-10-5/h2H,3H2,1H3. The summed E-state index contributed by atoms with van der Waals surface area (Å²) < 4.78 is 9.25. The predicted octanol–water partition coefficient (Wildman–Crippen LogP) is 0.0285. The van der Waals surface area contributed by atoms with Crippen LogP contribution in [0.25, 0.3) is 0 Å². The minimum atomic E-state index is 0.0482. The van der Waals surface area contributed by atoms with E-state index >= 15 is 0 Å². The van der Waals surface area contributed by atoms with E-state index in [0.29, 0.717) is 12.2 Å². The fraction of sp³-hybridized carbons (Fsp3) is 0.400. The van der Waals surface area contributed by atoms with Crippen LogP contribution in [-0.4, -0.2) is 23.5 Å². The summed E-state index contributed by atoms with van der Waals surface area (Å²) >= 11 is 0. The molecule has 5 heteroatoms. The second-order valence-electron chi connectivity index (χ2n) is 1.60. The highest BCUT2D eigenvalue weighted by Gasteiger charge is 2.02. The van der Waals surface area contributed by atoms with Crippen molar-refractivity contribution in [2.45, 2.75) is 6.61 Å². The first kappa shape index (κ1) is 6.88. The van der Waals surface area contributed by atoms with Crippen molar-refractivity contribution in [3.63, 3.8) is 0 Å². The van der Waals surface area contributed by atoms with Gasteiger partial charge in [0.2, 0.25) is 5.82 Å². The number of aldehydes is 1. The Hall–Kier alpha value is -1.23. The summed E-state index contributed by atoms with van der Waals surface area (Å²) in [7, 11) is 1.50. The van der Waals surface area contributed by atoms with Gasteiger partial charge in [-0.05, 0) is 0 Å². The van der Waals surface area contributed by atoms with E-state index in [4.69, 9.17) is 0 Å². The number of rotatable bonds is 3. The van der Waals surface area contributed by atoms with E-state index in [1.54, 1.807) is 0 Å². The Morgan fingerprint density at radius 1 is 1.80 bits per heavy atom. The number of hydrogen-bond acceptors (Lipinski definition) is 5. The molecule has 1 rings (SSSR count). The van der Waals surface area contributed by atoms with Crippen molar-refractivity contribution < 1.29 is 14.1 Å². The van der Waals surface area contributed by atoms with E-state index in [-0.39, 0.29) is 12.4 Å². The molecule has 0 N–H and O–H groups in total. The average molecular weight is 142 g/mol. The van der Waals surface area contributed by atoms with Gasteiger partial charge in [-0.1, -0.05) is 5.16 Å². The smallest absolute Gasteiger partial charge is 0.253 e. The Morgan fingerprint density at radius 3 is 3.10 bits per heavy atom. The topological polar surface area (TPSA) is 65.2 Å². The van der Waals surface area contributed by atoms with E-state index in [9.17, 15) is 4.79 Å². The fourth-order valence-electron chi connectivity index (χ4n) is 0.498. The maximum Gasteiger partial charge on any atom is 0.253 e. The normalized spacial score (nSPS) is 9.70. The van der Waals surface area contributed by atoms with Gasteiger partial charge in [-0.2, -0.15) is 4.98 Å². The van der Waals surface area contributed by atoms with Crippen molar-refractivity contribution in [3.05, 3.63) is 11.7 Å². The number of hydrogen-bond donors (Lipinski definition) is 0. The SMILES string of the molecule is COCc1nc(C=O)no1. The molecule has 0 fully saturated rings. The Kier molecular flexibility index (Phi) is 2.11. The van der Waals surface area contributed by atoms with E-state index in [2.05, 4.69) is 19.4 Å². The van der Waals surface area contributed by atoms with Crippen molar-refractivity contribution in [2.24, 2.45) is 0 Å². The molecule has 10 heavy (non-hydrogen) atoms. The van der Waals surface area contributed by atoms with Crippen LogP contribution in [0.2, 0.25) is 0 Å². The third-order valence-corrected chi connectivity index (χ3v) is 0.857. The van der Waals surface area contributed by atoms with Gasteiger partial charge >= 0.3 is 0 Å². The molecule has 0 aromatic carbocycles. The summed E-state index contributed by atoms with van der Waals surface area (Å²) in [6.45, 7) is 0.237. The van der Waals surface area contributed by atoms with Gasteiger partial charge < -0.3 is 9.26 Å². The summed E-state index contributed by atoms with van der Waals surface area (Å²) in [4.78, 5) is 13.6.